The first-order valence-corrected chi connectivity index (χ1v) is 6.24. The van der Waals surface area contributed by atoms with E-state index >= 15 is 0 Å². The summed E-state index contributed by atoms with van der Waals surface area (Å²) in [5, 5.41) is 11.7. The summed E-state index contributed by atoms with van der Waals surface area (Å²) in [7, 11) is 2.12. The van der Waals surface area contributed by atoms with Crippen molar-refractivity contribution in [2.45, 2.75) is 39.8 Å². The minimum absolute atomic E-state index is 0.00762. The lowest BCUT2D eigenvalue weighted by molar-refractivity contribution is 0.346. The Morgan fingerprint density at radius 1 is 1.41 bits per heavy atom. The summed E-state index contributed by atoms with van der Waals surface area (Å²) in [5.41, 5.74) is 1.01. The third kappa shape index (κ3) is 4.83. The van der Waals surface area contributed by atoms with Gasteiger partial charge in [0, 0.05) is 19.6 Å². The second-order valence-electron chi connectivity index (χ2n) is 5.40. The van der Waals surface area contributed by atoms with Crippen LogP contribution in [-0.4, -0.2) is 46.6 Å². The Hall–Kier alpha value is -0.940. The van der Waals surface area contributed by atoms with Crippen molar-refractivity contribution in [1.82, 2.24) is 25.2 Å². The lowest BCUT2D eigenvalue weighted by Gasteiger charge is -2.17. The highest BCUT2D eigenvalue weighted by Crippen LogP contribution is 2.11. The summed E-state index contributed by atoms with van der Waals surface area (Å²) in [5.74, 6) is 0. The molecule has 0 radical (unpaired) electrons. The van der Waals surface area contributed by atoms with Crippen LogP contribution in [0.25, 0.3) is 0 Å². The molecule has 5 nitrogen and oxygen atoms in total. The number of nitrogens with zero attached hydrogens (tertiary/aromatic N) is 4. The van der Waals surface area contributed by atoms with Gasteiger partial charge < -0.3 is 10.2 Å². The van der Waals surface area contributed by atoms with E-state index in [4.69, 9.17) is 0 Å². The van der Waals surface area contributed by atoms with Crippen molar-refractivity contribution in [3.05, 3.63) is 11.9 Å². The highest BCUT2D eigenvalue weighted by Gasteiger charge is 2.14. The van der Waals surface area contributed by atoms with Crippen LogP contribution in [0.4, 0.5) is 0 Å². The Kier molecular flexibility index (Phi) is 5.08. The number of likely N-dealkylation sites (N-methyl/N-ethyl adjacent to an activating group) is 1. The van der Waals surface area contributed by atoms with E-state index in [9.17, 15) is 0 Å². The fraction of sp³-hybridized carbons (Fsp3) is 0.833. The predicted octanol–water partition coefficient (Wildman–Crippen LogP) is 1.07. The van der Waals surface area contributed by atoms with Gasteiger partial charge in [-0.2, -0.15) is 0 Å². The average molecular weight is 239 g/mol. The van der Waals surface area contributed by atoms with Crippen LogP contribution in [0.5, 0.6) is 0 Å². The molecule has 0 aliphatic heterocycles. The molecule has 0 saturated carbocycles. The molecule has 0 aromatic carbocycles. The monoisotopic (exact) mass is 239 g/mol. The number of hydrogen-bond acceptors (Lipinski definition) is 4. The lowest BCUT2D eigenvalue weighted by Crippen LogP contribution is -2.28. The van der Waals surface area contributed by atoms with Crippen LogP contribution < -0.4 is 5.32 Å². The highest BCUT2D eigenvalue weighted by molar-refractivity contribution is 4.93. The van der Waals surface area contributed by atoms with E-state index in [1.54, 1.807) is 0 Å². The third-order valence-corrected chi connectivity index (χ3v) is 2.74. The molecule has 1 aromatic rings. The van der Waals surface area contributed by atoms with Crippen molar-refractivity contribution in [3.63, 3.8) is 0 Å². The number of hydrogen-bond donors (Lipinski definition) is 1. The standard InChI is InChI=1S/C12H25N5/c1-6-16(5)8-7-13-9-11-10-17(15-14-11)12(2,3)4/h10,13H,6-9H2,1-5H3. The van der Waals surface area contributed by atoms with E-state index in [1.807, 2.05) is 10.9 Å². The van der Waals surface area contributed by atoms with Gasteiger partial charge in [0.05, 0.1) is 17.4 Å². The lowest BCUT2D eigenvalue weighted by atomic mass is 10.1. The Labute approximate surface area is 104 Å². The normalized spacial score (nSPS) is 12.4. The van der Waals surface area contributed by atoms with Crippen molar-refractivity contribution in [2.75, 3.05) is 26.7 Å². The van der Waals surface area contributed by atoms with Crippen LogP contribution in [0.1, 0.15) is 33.4 Å². The van der Waals surface area contributed by atoms with Gasteiger partial charge in [-0.05, 0) is 34.4 Å². The zero-order valence-electron chi connectivity index (χ0n) is 11.7. The van der Waals surface area contributed by atoms with Gasteiger partial charge >= 0.3 is 0 Å². The molecule has 0 aliphatic carbocycles. The first-order valence-electron chi connectivity index (χ1n) is 6.24. The molecule has 1 rings (SSSR count). The van der Waals surface area contributed by atoms with E-state index in [1.165, 1.54) is 0 Å². The minimum atomic E-state index is 0.00762. The van der Waals surface area contributed by atoms with Crippen molar-refractivity contribution in [1.29, 1.82) is 0 Å². The Morgan fingerprint density at radius 3 is 2.65 bits per heavy atom. The fourth-order valence-electron chi connectivity index (χ4n) is 1.35. The van der Waals surface area contributed by atoms with Crippen molar-refractivity contribution >= 4 is 0 Å². The summed E-state index contributed by atoms with van der Waals surface area (Å²) < 4.78 is 1.90. The molecule has 0 bridgehead atoms. The van der Waals surface area contributed by atoms with E-state index in [0.717, 1.165) is 31.9 Å². The summed E-state index contributed by atoms with van der Waals surface area (Å²) in [6, 6.07) is 0. The molecule has 0 atom stereocenters. The van der Waals surface area contributed by atoms with Gasteiger partial charge in [0.25, 0.3) is 0 Å². The van der Waals surface area contributed by atoms with Crippen LogP contribution in [0.2, 0.25) is 0 Å². The predicted molar refractivity (Wildman–Crippen MR) is 69.9 cm³/mol. The molecule has 5 heteroatoms. The zero-order valence-corrected chi connectivity index (χ0v) is 11.7. The average Bonchev–Trinajstić information content (AvgIpc) is 2.72. The number of rotatable bonds is 6. The van der Waals surface area contributed by atoms with Crippen LogP contribution >= 0.6 is 0 Å². The van der Waals surface area contributed by atoms with Gasteiger partial charge in [0.2, 0.25) is 0 Å². The number of aromatic nitrogens is 3. The summed E-state index contributed by atoms with van der Waals surface area (Å²) in [6.07, 6.45) is 2.01. The van der Waals surface area contributed by atoms with Gasteiger partial charge in [-0.15, -0.1) is 5.10 Å². The molecule has 0 saturated heterocycles. The largest absolute Gasteiger partial charge is 0.310 e. The first kappa shape index (κ1) is 14.1. The molecule has 1 N–H and O–H groups in total. The van der Waals surface area contributed by atoms with Crippen LogP contribution in [0, 0.1) is 0 Å². The van der Waals surface area contributed by atoms with Crippen molar-refractivity contribution in [2.24, 2.45) is 0 Å². The molecular formula is C12H25N5. The first-order chi connectivity index (χ1) is 7.93. The van der Waals surface area contributed by atoms with Gasteiger partial charge in [0.15, 0.2) is 0 Å². The second kappa shape index (κ2) is 6.12. The SMILES string of the molecule is CCN(C)CCNCc1cn(C(C)(C)C)nn1. The van der Waals surface area contributed by atoms with Gasteiger partial charge in [-0.25, -0.2) is 4.68 Å². The minimum Gasteiger partial charge on any atom is -0.310 e. The molecule has 0 aliphatic rings. The highest BCUT2D eigenvalue weighted by atomic mass is 15.4. The molecule has 0 unspecified atom stereocenters. The van der Waals surface area contributed by atoms with Gasteiger partial charge in [-0.1, -0.05) is 12.1 Å². The maximum Gasteiger partial charge on any atom is 0.0965 e. The van der Waals surface area contributed by atoms with E-state index in [2.05, 4.69) is 55.3 Å². The molecule has 98 valence electrons. The van der Waals surface area contributed by atoms with Crippen molar-refractivity contribution in [3.8, 4) is 0 Å². The molecule has 0 fully saturated rings. The zero-order chi connectivity index (χ0) is 12.9. The van der Waals surface area contributed by atoms with Gasteiger partial charge in [0.1, 0.15) is 0 Å². The Morgan fingerprint density at radius 2 is 2.12 bits per heavy atom. The summed E-state index contributed by atoms with van der Waals surface area (Å²) in [4.78, 5) is 2.28. The van der Waals surface area contributed by atoms with E-state index in [0.29, 0.717) is 0 Å². The summed E-state index contributed by atoms with van der Waals surface area (Å²) >= 11 is 0. The van der Waals surface area contributed by atoms with Gasteiger partial charge in [-0.3, -0.25) is 0 Å². The fourth-order valence-corrected chi connectivity index (χ4v) is 1.35. The molecule has 0 spiro atoms. The second-order valence-corrected chi connectivity index (χ2v) is 5.40. The maximum atomic E-state index is 4.16. The topological polar surface area (TPSA) is 46.0 Å². The number of nitrogens with one attached hydrogen (secondary N) is 1. The van der Waals surface area contributed by atoms with E-state index < -0.39 is 0 Å². The quantitative estimate of drug-likeness (QED) is 0.754. The molecule has 1 heterocycles. The summed E-state index contributed by atoms with van der Waals surface area (Å²) in [6.45, 7) is 12.4. The maximum absolute atomic E-state index is 4.16. The van der Waals surface area contributed by atoms with Crippen molar-refractivity contribution < 1.29 is 0 Å². The Balaban J connectivity index is 2.31. The van der Waals surface area contributed by atoms with Crippen LogP contribution in [-0.2, 0) is 12.1 Å². The molecule has 17 heavy (non-hydrogen) atoms. The smallest absolute Gasteiger partial charge is 0.0965 e. The molecular weight excluding hydrogens is 214 g/mol. The third-order valence-electron chi connectivity index (χ3n) is 2.74. The van der Waals surface area contributed by atoms with Crippen LogP contribution in [0.3, 0.4) is 0 Å². The van der Waals surface area contributed by atoms with Crippen LogP contribution in [0.15, 0.2) is 6.20 Å². The molecule has 1 aromatic heterocycles. The van der Waals surface area contributed by atoms with E-state index in [-0.39, 0.29) is 5.54 Å². The molecule has 0 amide bonds. The Bertz CT molecular complexity index is 326.